The number of H-pyrrole nitrogens is 1. The molecule has 1 aliphatic rings. The third-order valence-electron chi connectivity index (χ3n) is 4.81. The Morgan fingerprint density at radius 2 is 2.04 bits per heavy atom. The molecule has 3 aromatic rings. The maximum absolute atomic E-state index is 14.7. The van der Waals surface area contributed by atoms with Crippen LogP contribution in [0, 0.1) is 0 Å². The van der Waals surface area contributed by atoms with Crippen LogP contribution in [0.3, 0.4) is 0 Å². The Kier molecular flexibility index (Phi) is 4.69. The maximum atomic E-state index is 14.7. The summed E-state index contributed by atoms with van der Waals surface area (Å²) in [6.45, 7) is -0.177. The van der Waals surface area contributed by atoms with Gasteiger partial charge in [0.15, 0.2) is 5.65 Å². The molecule has 1 fully saturated rings. The van der Waals surface area contributed by atoms with E-state index in [1.165, 1.54) is 23.4 Å². The highest BCUT2D eigenvalue weighted by molar-refractivity contribution is 5.85. The molecule has 0 amide bonds. The van der Waals surface area contributed by atoms with Gasteiger partial charge in [-0.3, -0.25) is 10.00 Å². The summed E-state index contributed by atoms with van der Waals surface area (Å²) in [4.78, 5) is 9.66. The van der Waals surface area contributed by atoms with Crippen LogP contribution in [0.25, 0.3) is 11.0 Å². The van der Waals surface area contributed by atoms with E-state index in [4.69, 9.17) is 0 Å². The topological polar surface area (TPSA) is 69.7 Å². The predicted octanol–water partition coefficient (Wildman–Crippen LogP) is 2.97. The van der Waals surface area contributed by atoms with Crippen LogP contribution in [0.15, 0.2) is 42.9 Å². The highest BCUT2D eigenvalue weighted by atomic mass is 19.3. The van der Waals surface area contributed by atoms with Crippen molar-refractivity contribution in [2.75, 3.05) is 25.0 Å². The first-order valence-corrected chi connectivity index (χ1v) is 8.73. The molecule has 0 spiro atoms. The molecule has 6 nitrogen and oxygen atoms in total. The summed E-state index contributed by atoms with van der Waals surface area (Å²) < 4.78 is 43.6. The molecule has 1 aromatic carbocycles. The van der Waals surface area contributed by atoms with Gasteiger partial charge in [0.25, 0.3) is 5.92 Å². The average Bonchev–Trinajstić information content (AvgIpc) is 3.14. The van der Waals surface area contributed by atoms with E-state index < -0.39 is 24.7 Å². The van der Waals surface area contributed by atoms with E-state index in [9.17, 15) is 13.2 Å². The number of rotatable bonds is 5. The van der Waals surface area contributed by atoms with E-state index in [1.54, 1.807) is 24.4 Å². The molecular formula is C18H19F3N6. The zero-order valence-corrected chi connectivity index (χ0v) is 14.4. The van der Waals surface area contributed by atoms with Gasteiger partial charge in [0.2, 0.25) is 0 Å². The number of halogens is 3. The summed E-state index contributed by atoms with van der Waals surface area (Å²) in [5.74, 6) is -2.53. The number of benzene rings is 1. The first-order valence-electron chi connectivity index (χ1n) is 8.73. The molecule has 4 rings (SSSR count). The van der Waals surface area contributed by atoms with Crippen LogP contribution in [0.5, 0.6) is 0 Å². The van der Waals surface area contributed by atoms with Gasteiger partial charge < -0.3 is 5.32 Å². The van der Waals surface area contributed by atoms with E-state index in [0.717, 1.165) is 0 Å². The molecule has 0 saturated carbocycles. The minimum absolute atomic E-state index is 0.0519. The van der Waals surface area contributed by atoms with Gasteiger partial charge in [-0.1, -0.05) is 30.3 Å². The lowest BCUT2D eigenvalue weighted by Gasteiger charge is -2.36. The van der Waals surface area contributed by atoms with Crippen molar-refractivity contribution < 1.29 is 13.2 Å². The van der Waals surface area contributed by atoms with Gasteiger partial charge in [-0.15, -0.1) is 0 Å². The third kappa shape index (κ3) is 3.73. The van der Waals surface area contributed by atoms with Crippen LogP contribution in [-0.4, -0.2) is 56.9 Å². The van der Waals surface area contributed by atoms with Crippen LogP contribution >= 0.6 is 0 Å². The number of alkyl halides is 3. The molecule has 9 heteroatoms. The zero-order valence-electron chi connectivity index (χ0n) is 14.4. The molecule has 3 heterocycles. The summed E-state index contributed by atoms with van der Waals surface area (Å²) in [6, 6.07) is 7.14. The summed E-state index contributed by atoms with van der Waals surface area (Å²) in [5, 5.41) is 10.4. The van der Waals surface area contributed by atoms with E-state index in [1.807, 2.05) is 0 Å². The number of hydrogen-bond donors (Lipinski definition) is 2. The van der Waals surface area contributed by atoms with E-state index in [0.29, 0.717) is 29.8 Å². The fourth-order valence-corrected chi connectivity index (χ4v) is 3.38. The summed E-state index contributed by atoms with van der Waals surface area (Å²) >= 11 is 0. The van der Waals surface area contributed by atoms with E-state index >= 15 is 0 Å². The second-order valence-electron chi connectivity index (χ2n) is 6.72. The van der Waals surface area contributed by atoms with Crippen LogP contribution < -0.4 is 5.32 Å². The Balaban J connectivity index is 1.40. The number of likely N-dealkylation sites (tertiary alicyclic amines) is 1. The Hall–Kier alpha value is -2.68. The number of anilines is 1. The molecule has 2 atom stereocenters. The van der Waals surface area contributed by atoms with Crippen molar-refractivity contribution in [3.05, 3.63) is 48.4 Å². The number of aromatic amines is 1. The number of fused-ring (bicyclic) bond motifs is 1. The van der Waals surface area contributed by atoms with Gasteiger partial charge in [0, 0.05) is 18.7 Å². The number of aromatic nitrogens is 4. The maximum Gasteiger partial charge on any atom is 0.285 e. The Morgan fingerprint density at radius 3 is 2.81 bits per heavy atom. The Labute approximate surface area is 153 Å². The highest BCUT2D eigenvalue weighted by Crippen LogP contribution is 2.30. The number of nitrogens with one attached hydrogen (secondary N) is 2. The Bertz CT molecular complexity index is 900. The number of piperidine rings is 1. The van der Waals surface area contributed by atoms with Gasteiger partial charge in [0.1, 0.15) is 18.3 Å². The molecule has 2 N–H and O–H groups in total. The van der Waals surface area contributed by atoms with Crippen LogP contribution in [0.2, 0.25) is 0 Å². The highest BCUT2D eigenvalue weighted by Gasteiger charge is 2.38. The van der Waals surface area contributed by atoms with Crippen molar-refractivity contribution in [1.29, 1.82) is 0 Å². The summed E-state index contributed by atoms with van der Waals surface area (Å²) in [7, 11) is 0. The summed E-state index contributed by atoms with van der Waals surface area (Å²) in [5.41, 5.74) is 0.506. The van der Waals surface area contributed by atoms with Crippen molar-refractivity contribution in [1.82, 2.24) is 25.1 Å². The third-order valence-corrected chi connectivity index (χ3v) is 4.81. The minimum atomic E-state index is -3.02. The first kappa shape index (κ1) is 17.7. The normalized spacial score (nSPS) is 21.4. The molecule has 0 radical (unpaired) electrons. The summed E-state index contributed by atoms with van der Waals surface area (Å²) in [6.07, 6.45) is 2.05. The molecule has 142 valence electrons. The minimum Gasteiger partial charge on any atom is -0.364 e. The Morgan fingerprint density at radius 1 is 1.22 bits per heavy atom. The van der Waals surface area contributed by atoms with Gasteiger partial charge in [0.05, 0.1) is 24.2 Å². The second-order valence-corrected chi connectivity index (χ2v) is 6.72. The molecule has 27 heavy (non-hydrogen) atoms. The first-order chi connectivity index (χ1) is 13.0. The van der Waals surface area contributed by atoms with Gasteiger partial charge in [-0.2, -0.15) is 13.9 Å². The smallest absolute Gasteiger partial charge is 0.285 e. The van der Waals surface area contributed by atoms with Crippen LogP contribution in [-0.2, 0) is 5.92 Å². The average molecular weight is 376 g/mol. The molecule has 2 aromatic heterocycles. The van der Waals surface area contributed by atoms with Crippen molar-refractivity contribution in [3.8, 4) is 0 Å². The zero-order chi connectivity index (χ0) is 18.9. The van der Waals surface area contributed by atoms with Crippen LogP contribution in [0.4, 0.5) is 19.0 Å². The lowest BCUT2D eigenvalue weighted by atomic mass is 10.0. The van der Waals surface area contributed by atoms with Crippen molar-refractivity contribution in [3.63, 3.8) is 0 Å². The predicted molar refractivity (Wildman–Crippen MR) is 95.4 cm³/mol. The largest absolute Gasteiger partial charge is 0.364 e. The number of nitrogens with zero attached hydrogens (tertiary/aromatic N) is 4. The van der Waals surface area contributed by atoms with Gasteiger partial charge >= 0.3 is 0 Å². The fourth-order valence-electron chi connectivity index (χ4n) is 3.38. The molecule has 0 unspecified atom stereocenters. The van der Waals surface area contributed by atoms with Crippen LogP contribution in [0.1, 0.15) is 12.0 Å². The van der Waals surface area contributed by atoms with E-state index in [-0.39, 0.29) is 12.1 Å². The molecular weight excluding hydrogens is 357 g/mol. The second kappa shape index (κ2) is 7.15. The fraction of sp³-hybridized carbons (Fsp3) is 0.389. The van der Waals surface area contributed by atoms with Crippen molar-refractivity contribution >= 4 is 16.9 Å². The lowest BCUT2D eigenvalue weighted by Crippen LogP contribution is -2.50. The van der Waals surface area contributed by atoms with Crippen molar-refractivity contribution in [2.45, 2.75) is 24.6 Å². The van der Waals surface area contributed by atoms with Gasteiger partial charge in [-0.05, 0) is 6.42 Å². The molecule has 1 aliphatic heterocycles. The monoisotopic (exact) mass is 376 g/mol. The lowest BCUT2D eigenvalue weighted by molar-refractivity contribution is -0.0491. The van der Waals surface area contributed by atoms with Crippen molar-refractivity contribution in [2.24, 2.45) is 0 Å². The standard InChI is InChI=1S/C18H19F3N6/c19-14-9-27(10-18(20,21)12-4-2-1-3-5-12)7-6-15(14)25-16-13-8-24-26-17(13)23-11-22-16/h1-5,8,11,14-15H,6-7,9-10H2,(H2,22,23,24,25,26)/t14-,15+/m1/s1. The molecule has 1 saturated heterocycles. The van der Waals surface area contributed by atoms with E-state index in [2.05, 4.69) is 25.5 Å². The number of hydrogen-bond acceptors (Lipinski definition) is 5. The van der Waals surface area contributed by atoms with Gasteiger partial charge in [-0.25, -0.2) is 14.4 Å². The molecule has 0 aliphatic carbocycles. The quantitative estimate of drug-likeness (QED) is 0.717. The molecule has 0 bridgehead atoms. The SMILES string of the molecule is F[C@@H]1CN(CC(F)(F)c2ccccc2)CC[C@@H]1Nc1ncnc2[nH]ncc12.